The van der Waals surface area contributed by atoms with Gasteiger partial charge >= 0.3 is 0 Å². The van der Waals surface area contributed by atoms with E-state index in [0.717, 1.165) is 18.5 Å². The van der Waals surface area contributed by atoms with E-state index in [1.165, 1.54) is 12.8 Å². The maximum atomic E-state index is 12.2. The molecule has 2 unspecified atom stereocenters. The Morgan fingerprint density at radius 1 is 1.30 bits per heavy atom. The molecule has 0 aliphatic heterocycles. The summed E-state index contributed by atoms with van der Waals surface area (Å²) in [6.07, 6.45) is 4.89. The molecule has 23 heavy (non-hydrogen) atoms. The van der Waals surface area contributed by atoms with E-state index in [9.17, 15) is 4.79 Å². The minimum absolute atomic E-state index is 0. The van der Waals surface area contributed by atoms with Crippen molar-refractivity contribution in [3.8, 4) is 11.5 Å². The number of hydrogen-bond acceptors (Lipinski definition) is 4. The molecule has 1 aliphatic carbocycles. The lowest BCUT2D eigenvalue weighted by molar-refractivity contribution is -0.117. The molecule has 130 valence electrons. The first-order chi connectivity index (χ1) is 10.6. The van der Waals surface area contributed by atoms with Gasteiger partial charge in [0.1, 0.15) is 0 Å². The van der Waals surface area contributed by atoms with Crippen molar-refractivity contribution in [1.82, 2.24) is 0 Å². The van der Waals surface area contributed by atoms with Crippen LogP contribution in [0.5, 0.6) is 11.5 Å². The van der Waals surface area contributed by atoms with Crippen LogP contribution in [0.25, 0.3) is 0 Å². The lowest BCUT2D eigenvalue weighted by atomic mass is 9.83. The SMILES string of the molecule is CCOc1ccc(NC(=O)CC2CCCCC2N)cc1OC.Cl. The highest BCUT2D eigenvalue weighted by atomic mass is 35.5. The van der Waals surface area contributed by atoms with E-state index < -0.39 is 0 Å². The molecule has 0 heterocycles. The molecule has 0 bridgehead atoms. The molecule has 2 rings (SSSR count). The standard InChI is InChI=1S/C17H26N2O3.ClH/c1-3-22-15-9-8-13(11-16(15)21-2)19-17(20)10-12-6-4-5-7-14(12)18;/h8-9,11-12,14H,3-7,10,18H2,1-2H3,(H,19,20);1H. The number of rotatable bonds is 6. The summed E-state index contributed by atoms with van der Waals surface area (Å²) in [6, 6.07) is 5.56. The van der Waals surface area contributed by atoms with Gasteiger partial charge in [-0.3, -0.25) is 4.79 Å². The van der Waals surface area contributed by atoms with Gasteiger partial charge in [-0.05, 0) is 37.8 Å². The van der Waals surface area contributed by atoms with Crippen LogP contribution in [-0.4, -0.2) is 25.7 Å². The molecule has 0 spiro atoms. The summed E-state index contributed by atoms with van der Waals surface area (Å²) >= 11 is 0. The quantitative estimate of drug-likeness (QED) is 0.831. The second-order valence-electron chi connectivity index (χ2n) is 5.76. The van der Waals surface area contributed by atoms with Crippen LogP contribution in [0.1, 0.15) is 39.0 Å². The van der Waals surface area contributed by atoms with Crippen LogP contribution in [0.15, 0.2) is 18.2 Å². The molecule has 1 amide bonds. The fraction of sp³-hybridized carbons (Fsp3) is 0.588. The van der Waals surface area contributed by atoms with Crippen LogP contribution >= 0.6 is 12.4 Å². The van der Waals surface area contributed by atoms with Crippen LogP contribution < -0.4 is 20.5 Å². The van der Waals surface area contributed by atoms with Crippen molar-refractivity contribution < 1.29 is 14.3 Å². The first-order valence-corrected chi connectivity index (χ1v) is 8.00. The Labute approximate surface area is 144 Å². The lowest BCUT2D eigenvalue weighted by Crippen LogP contribution is -2.35. The van der Waals surface area contributed by atoms with Crippen molar-refractivity contribution in [1.29, 1.82) is 0 Å². The molecule has 1 saturated carbocycles. The van der Waals surface area contributed by atoms with Crippen LogP contribution in [0.4, 0.5) is 5.69 Å². The molecule has 0 aromatic heterocycles. The molecule has 6 heteroatoms. The maximum Gasteiger partial charge on any atom is 0.224 e. The van der Waals surface area contributed by atoms with E-state index in [1.54, 1.807) is 13.2 Å². The number of amides is 1. The van der Waals surface area contributed by atoms with Gasteiger partial charge in [-0.2, -0.15) is 0 Å². The Bertz CT molecular complexity index is 511. The van der Waals surface area contributed by atoms with E-state index in [-0.39, 0.29) is 24.4 Å². The van der Waals surface area contributed by atoms with Crippen molar-refractivity contribution in [2.45, 2.75) is 45.1 Å². The fourth-order valence-electron chi connectivity index (χ4n) is 2.96. The van der Waals surface area contributed by atoms with Gasteiger partial charge in [0.2, 0.25) is 5.91 Å². The van der Waals surface area contributed by atoms with Crippen LogP contribution in [0, 0.1) is 5.92 Å². The molecule has 1 aliphatic rings. The summed E-state index contributed by atoms with van der Waals surface area (Å²) < 4.78 is 10.8. The average Bonchev–Trinajstić information content (AvgIpc) is 2.51. The number of methoxy groups -OCH3 is 1. The Hall–Kier alpha value is -1.46. The highest BCUT2D eigenvalue weighted by Crippen LogP contribution is 2.31. The normalized spacial score (nSPS) is 20.3. The Morgan fingerprint density at radius 3 is 2.70 bits per heavy atom. The number of carbonyl (C=O) groups is 1. The van der Waals surface area contributed by atoms with Gasteiger partial charge in [0.05, 0.1) is 13.7 Å². The second kappa shape index (κ2) is 9.63. The molecular formula is C17H27ClN2O3. The molecular weight excluding hydrogens is 316 g/mol. The van der Waals surface area contributed by atoms with Gasteiger partial charge in [-0.15, -0.1) is 12.4 Å². The van der Waals surface area contributed by atoms with Crippen molar-refractivity contribution in [2.75, 3.05) is 19.0 Å². The molecule has 1 fully saturated rings. The maximum absolute atomic E-state index is 12.2. The van der Waals surface area contributed by atoms with E-state index in [4.69, 9.17) is 15.2 Å². The van der Waals surface area contributed by atoms with E-state index in [1.807, 2.05) is 19.1 Å². The van der Waals surface area contributed by atoms with E-state index in [0.29, 0.717) is 30.4 Å². The smallest absolute Gasteiger partial charge is 0.224 e. The number of nitrogens with one attached hydrogen (secondary N) is 1. The first-order valence-electron chi connectivity index (χ1n) is 8.00. The summed E-state index contributed by atoms with van der Waals surface area (Å²) in [5.41, 5.74) is 6.82. The molecule has 3 N–H and O–H groups in total. The summed E-state index contributed by atoms with van der Waals surface area (Å²) in [5.74, 6) is 1.60. The monoisotopic (exact) mass is 342 g/mol. The zero-order valence-corrected chi connectivity index (χ0v) is 14.7. The van der Waals surface area contributed by atoms with Crippen molar-refractivity contribution in [2.24, 2.45) is 11.7 Å². The van der Waals surface area contributed by atoms with Gasteiger partial charge in [0.15, 0.2) is 11.5 Å². The van der Waals surface area contributed by atoms with Gasteiger partial charge in [0, 0.05) is 24.2 Å². The zero-order chi connectivity index (χ0) is 15.9. The predicted molar refractivity (Wildman–Crippen MR) is 94.6 cm³/mol. The third-order valence-corrected chi connectivity index (χ3v) is 4.16. The van der Waals surface area contributed by atoms with Crippen molar-refractivity contribution in [3.63, 3.8) is 0 Å². The van der Waals surface area contributed by atoms with E-state index in [2.05, 4.69) is 5.32 Å². The molecule has 1 aromatic rings. The van der Waals surface area contributed by atoms with Crippen LogP contribution in [0.3, 0.4) is 0 Å². The van der Waals surface area contributed by atoms with Crippen LogP contribution in [0.2, 0.25) is 0 Å². The first kappa shape index (κ1) is 19.6. The minimum Gasteiger partial charge on any atom is -0.493 e. The fourth-order valence-corrected chi connectivity index (χ4v) is 2.96. The van der Waals surface area contributed by atoms with Gasteiger partial charge in [-0.1, -0.05) is 12.8 Å². The summed E-state index contributed by atoms with van der Waals surface area (Å²) in [7, 11) is 1.59. The highest BCUT2D eigenvalue weighted by Gasteiger charge is 2.24. The Morgan fingerprint density at radius 2 is 2.04 bits per heavy atom. The molecule has 2 atom stereocenters. The van der Waals surface area contributed by atoms with Crippen LogP contribution in [-0.2, 0) is 4.79 Å². The molecule has 5 nitrogen and oxygen atoms in total. The topological polar surface area (TPSA) is 73.6 Å². The van der Waals surface area contributed by atoms with Crippen molar-refractivity contribution >= 4 is 24.0 Å². The Kier molecular flexibility index (Phi) is 8.20. The molecule has 1 aromatic carbocycles. The number of nitrogens with two attached hydrogens (primary N) is 1. The predicted octanol–water partition coefficient (Wildman–Crippen LogP) is 3.36. The van der Waals surface area contributed by atoms with E-state index >= 15 is 0 Å². The molecule has 0 radical (unpaired) electrons. The van der Waals surface area contributed by atoms with Crippen molar-refractivity contribution in [3.05, 3.63) is 18.2 Å². The molecule has 0 saturated heterocycles. The Balaban J connectivity index is 0.00000264. The van der Waals surface area contributed by atoms with Gasteiger partial charge in [0.25, 0.3) is 0 Å². The van der Waals surface area contributed by atoms with Gasteiger partial charge < -0.3 is 20.5 Å². The number of hydrogen-bond donors (Lipinski definition) is 2. The third-order valence-electron chi connectivity index (χ3n) is 4.16. The highest BCUT2D eigenvalue weighted by molar-refractivity contribution is 5.91. The largest absolute Gasteiger partial charge is 0.493 e. The summed E-state index contributed by atoms with van der Waals surface area (Å²) in [5, 5.41) is 2.92. The summed E-state index contributed by atoms with van der Waals surface area (Å²) in [6.45, 7) is 2.49. The third kappa shape index (κ3) is 5.59. The number of benzene rings is 1. The van der Waals surface area contributed by atoms with Gasteiger partial charge in [-0.25, -0.2) is 0 Å². The number of halogens is 1. The second-order valence-corrected chi connectivity index (χ2v) is 5.76. The lowest BCUT2D eigenvalue weighted by Gasteiger charge is -2.28. The average molecular weight is 343 g/mol. The number of anilines is 1. The number of carbonyl (C=O) groups excluding carboxylic acids is 1. The summed E-state index contributed by atoms with van der Waals surface area (Å²) in [4.78, 5) is 12.2. The number of ether oxygens (including phenoxy) is 2. The minimum atomic E-state index is 0. The zero-order valence-electron chi connectivity index (χ0n) is 13.8.